The van der Waals surface area contributed by atoms with Crippen molar-refractivity contribution in [3.8, 4) is 0 Å². The Morgan fingerprint density at radius 1 is 1.19 bits per heavy atom. The van der Waals surface area contributed by atoms with Crippen molar-refractivity contribution in [1.29, 1.82) is 0 Å². The van der Waals surface area contributed by atoms with Gasteiger partial charge >= 0.3 is 0 Å². The van der Waals surface area contributed by atoms with Crippen LogP contribution in [0, 0.1) is 5.92 Å². The predicted octanol–water partition coefficient (Wildman–Crippen LogP) is 5.10. The Morgan fingerprint density at radius 3 is 2.24 bits per heavy atom. The van der Waals surface area contributed by atoms with Crippen molar-refractivity contribution in [3.05, 3.63) is 83.6 Å². The molecule has 1 atom stereocenters. The molecule has 1 aliphatic carbocycles. The first kappa shape index (κ1) is 15.1. The SMILES string of the molecule is C=Cc1ccc(/C(C)=C/C(C(=C)N)=C2\CC2C(=C)C)cc1. The van der Waals surface area contributed by atoms with Crippen molar-refractivity contribution in [2.24, 2.45) is 11.7 Å². The van der Waals surface area contributed by atoms with E-state index in [0.717, 1.165) is 17.6 Å². The first-order valence-electron chi connectivity index (χ1n) is 7.18. The Labute approximate surface area is 127 Å². The maximum Gasteiger partial charge on any atom is 0.0314 e. The summed E-state index contributed by atoms with van der Waals surface area (Å²) in [5.41, 5.74) is 13.7. The Bertz CT molecular complexity index is 654. The molecule has 2 N–H and O–H groups in total. The standard InChI is InChI=1S/C20H23N/c1-6-16-7-9-17(10-8-16)14(4)11-19(15(5)21)20-12-18(20)13(2)3/h6-11,18H,1-2,5,12,21H2,3-4H3/b14-11+,20-19-. The molecule has 21 heavy (non-hydrogen) atoms. The van der Waals surface area contributed by atoms with Crippen LogP contribution in [0.2, 0.25) is 0 Å². The second-order valence-electron chi connectivity index (χ2n) is 5.72. The molecule has 1 aromatic carbocycles. The number of benzene rings is 1. The fourth-order valence-electron chi connectivity index (χ4n) is 2.50. The molecule has 1 heteroatoms. The van der Waals surface area contributed by atoms with Crippen LogP contribution >= 0.6 is 0 Å². The summed E-state index contributed by atoms with van der Waals surface area (Å²) in [5.74, 6) is 0.479. The van der Waals surface area contributed by atoms with Gasteiger partial charge in [-0.25, -0.2) is 0 Å². The van der Waals surface area contributed by atoms with Crippen molar-refractivity contribution in [3.63, 3.8) is 0 Å². The molecule has 0 aliphatic heterocycles. The second-order valence-corrected chi connectivity index (χ2v) is 5.72. The lowest BCUT2D eigenvalue weighted by molar-refractivity contribution is 1.05. The maximum absolute atomic E-state index is 5.97. The van der Waals surface area contributed by atoms with Crippen LogP contribution in [0.5, 0.6) is 0 Å². The molecule has 0 amide bonds. The first-order chi connectivity index (χ1) is 9.93. The minimum absolute atomic E-state index is 0.479. The highest BCUT2D eigenvalue weighted by Gasteiger charge is 2.33. The average molecular weight is 277 g/mol. The molecule has 1 aliphatic rings. The lowest BCUT2D eigenvalue weighted by Gasteiger charge is -2.06. The van der Waals surface area contributed by atoms with E-state index < -0.39 is 0 Å². The van der Waals surface area contributed by atoms with Gasteiger partial charge < -0.3 is 5.73 Å². The van der Waals surface area contributed by atoms with Gasteiger partial charge in [0.1, 0.15) is 0 Å². The van der Waals surface area contributed by atoms with E-state index in [-0.39, 0.29) is 0 Å². The number of hydrogen-bond donors (Lipinski definition) is 1. The van der Waals surface area contributed by atoms with E-state index in [2.05, 4.69) is 63.9 Å². The molecular formula is C20H23N. The summed E-state index contributed by atoms with van der Waals surface area (Å²) in [4.78, 5) is 0. The summed E-state index contributed by atoms with van der Waals surface area (Å²) in [6, 6.07) is 8.34. The summed E-state index contributed by atoms with van der Waals surface area (Å²) >= 11 is 0. The van der Waals surface area contributed by atoms with Crippen LogP contribution in [0.25, 0.3) is 11.6 Å². The molecule has 0 radical (unpaired) electrons. The Balaban J connectivity index is 2.33. The van der Waals surface area contributed by atoms with Gasteiger partial charge in [0.25, 0.3) is 0 Å². The quantitative estimate of drug-likeness (QED) is 0.745. The van der Waals surface area contributed by atoms with Gasteiger partial charge in [-0.05, 0) is 48.6 Å². The normalized spacial score (nSPS) is 19.9. The number of nitrogens with two attached hydrogens (primary N) is 1. The molecule has 0 heterocycles. The lowest BCUT2D eigenvalue weighted by atomic mass is 10.0. The fourth-order valence-corrected chi connectivity index (χ4v) is 2.50. The van der Waals surface area contributed by atoms with E-state index in [1.54, 1.807) is 0 Å². The van der Waals surface area contributed by atoms with Crippen LogP contribution in [0.15, 0.2) is 72.5 Å². The van der Waals surface area contributed by atoms with E-state index in [9.17, 15) is 0 Å². The molecule has 1 aromatic rings. The van der Waals surface area contributed by atoms with Crippen LogP contribution in [-0.4, -0.2) is 0 Å². The Kier molecular flexibility index (Phi) is 4.32. The second kappa shape index (κ2) is 6.01. The topological polar surface area (TPSA) is 26.0 Å². The van der Waals surface area contributed by atoms with E-state index in [1.165, 1.54) is 22.3 Å². The Morgan fingerprint density at radius 2 is 1.81 bits per heavy atom. The van der Waals surface area contributed by atoms with Crippen molar-refractivity contribution in [2.75, 3.05) is 0 Å². The van der Waals surface area contributed by atoms with Gasteiger partial charge in [-0.15, -0.1) is 0 Å². The zero-order valence-electron chi connectivity index (χ0n) is 12.9. The third-order valence-electron chi connectivity index (χ3n) is 3.93. The molecule has 1 unspecified atom stereocenters. The van der Waals surface area contributed by atoms with Gasteiger partial charge in [0.2, 0.25) is 0 Å². The van der Waals surface area contributed by atoms with Crippen molar-refractivity contribution in [1.82, 2.24) is 0 Å². The highest BCUT2D eigenvalue weighted by atomic mass is 14.6. The van der Waals surface area contributed by atoms with E-state index >= 15 is 0 Å². The van der Waals surface area contributed by atoms with Crippen LogP contribution < -0.4 is 5.73 Å². The molecule has 108 valence electrons. The fraction of sp³-hybridized carbons (Fsp3) is 0.200. The van der Waals surface area contributed by atoms with Gasteiger partial charge in [0, 0.05) is 11.6 Å². The molecule has 0 saturated heterocycles. The van der Waals surface area contributed by atoms with Crippen molar-refractivity contribution >= 4 is 11.6 Å². The highest BCUT2D eigenvalue weighted by molar-refractivity contribution is 5.70. The molecule has 0 bridgehead atoms. The van der Waals surface area contributed by atoms with Crippen LogP contribution in [0.4, 0.5) is 0 Å². The number of allylic oxidation sites excluding steroid dienone is 4. The first-order valence-corrected chi connectivity index (χ1v) is 7.18. The van der Waals surface area contributed by atoms with Gasteiger partial charge in [-0.3, -0.25) is 0 Å². The van der Waals surface area contributed by atoms with Gasteiger partial charge in [-0.2, -0.15) is 0 Å². The van der Waals surface area contributed by atoms with Gasteiger partial charge in [0.05, 0.1) is 0 Å². The molecule has 0 spiro atoms. The van der Waals surface area contributed by atoms with Crippen LogP contribution in [0.1, 0.15) is 31.4 Å². The molecular weight excluding hydrogens is 254 g/mol. The highest BCUT2D eigenvalue weighted by Crippen LogP contribution is 2.46. The molecule has 1 saturated carbocycles. The molecule has 2 rings (SSSR count). The summed E-state index contributed by atoms with van der Waals surface area (Å²) in [6.07, 6.45) is 5.04. The largest absolute Gasteiger partial charge is 0.399 e. The molecule has 0 aromatic heterocycles. The third kappa shape index (κ3) is 3.43. The van der Waals surface area contributed by atoms with Crippen molar-refractivity contribution in [2.45, 2.75) is 20.3 Å². The van der Waals surface area contributed by atoms with E-state index in [0.29, 0.717) is 11.6 Å². The van der Waals surface area contributed by atoms with Crippen LogP contribution in [0.3, 0.4) is 0 Å². The third-order valence-corrected chi connectivity index (χ3v) is 3.93. The Hall–Kier alpha value is -2.28. The van der Waals surface area contributed by atoms with Crippen molar-refractivity contribution < 1.29 is 0 Å². The summed E-state index contributed by atoms with van der Waals surface area (Å²) in [6.45, 7) is 15.9. The number of rotatable bonds is 5. The molecule has 1 nitrogen and oxygen atoms in total. The molecule has 1 fully saturated rings. The number of hydrogen-bond acceptors (Lipinski definition) is 1. The summed E-state index contributed by atoms with van der Waals surface area (Å²) in [7, 11) is 0. The summed E-state index contributed by atoms with van der Waals surface area (Å²) in [5, 5.41) is 0. The zero-order chi connectivity index (χ0) is 15.6. The minimum Gasteiger partial charge on any atom is -0.399 e. The monoisotopic (exact) mass is 277 g/mol. The van der Waals surface area contributed by atoms with E-state index in [1.807, 2.05) is 6.08 Å². The predicted molar refractivity (Wildman–Crippen MR) is 93.5 cm³/mol. The maximum atomic E-state index is 5.97. The van der Waals surface area contributed by atoms with Crippen LogP contribution in [-0.2, 0) is 0 Å². The van der Waals surface area contributed by atoms with Gasteiger partial charge in [0.15, 0.2) is 0 Å². The zero-order valence-corrected chi connectivity index (χ0v) is 12.9. The minimum atomic E-state index is 0.479. The average Bonchev–Trinajstić information content (AvgIpc) is 3.24. The van der Waals surface area contributed by atoms with Gasteiger partial charge in [-0.1, -0.05) is 61.2 Å². The lowest BCUT2D eigenvalue weighted by Crippen LogP contribution is -1.98. The van der Waals surface area contributed by atoms with E-state index in [4.69, 9.17) is 5.73 Å². The summed E-state index contributed by atoms with van der Waals surface area (Å²) < 4.78 is 0. The smallest absolute Gasteiger partial charge is 0.0314 e.